The van der Waals surface area contributed by atoms with Crippen molar-refractivity contribution in [3.8, 4) is 0 Å². The van der Waals surface area contributed by atoms with Crippen molar-refractivity contribution in [2.45, 2.75) is 109 Å². The van der Waals surface area contributed by atoms with Gasteiger partial charge in [-0.25, -0.2) is 0 Å². The summed E-state index contributed by atoms with van der Waals surface area (Å²) in [5.41, 5.74) is 1.09. The van der Waals surface area contributed by atoms with E-state index < -0.39 is 21.9 Å². The maximum Gasteiger partial charge on any atom is 0.431 e. The molecule has 0 fully saturated rings. The molecule has 0 saturated heterocycles. The Balaban J connectivity index is 3.46. The van der Waals surface area contributed by atoms with Crippen molar-refractivity contribution < 1.29 is 21.6 Å². The zero-order valence-corrected chi connectivity index (χ0v) is 20.5. The van der Waals surface area contributed by atoms with E-state index in [1.165, 1.54) is 0 Å². The highest BCUT2D eigenvalue weighted by Crippen LogP contribution is 2.35. The molecule has 0 aliphatic carbocycles. The number of benzene rings is 1. The molecule has 0 aromatic heterocycles. The number of nitrogens with one attached hydrogen (secondary N) is 1. The molecule has 1 aromatic carbocycles. The van der Waals surface area contributed by atoms with Crippen LogP contribution in [0.2, 0.25) is 0 Å². The summed E-state index contributed by atoms with van der Waals surface area (Å²) in [7, 11) is -4.28. The minimum absolute atomic E-state index is 0.0400. The number of alkyl halides is 3. The lowest BCUT2D eigenvalue weighted by atomic mass is 9.89. The number of hydrogen-bond donors (Lipinski definition) is 1. The topological polar surface area (TPSA) is 58.5 Å². The van der Waals surface area contributed by atoms with Crippen molar-refractivity contribution in [3.63, 3.8) is 0 Å². The third kappa shape index (κ3) is 7.81. The van der Waals surface area contributed by atoms with Crippen molar-refractivity contribution in [3.05, 3.63) is 28.8 Å². The van der Waals surface area contributed by atoms with Crippen LogP contribution in [0, 0.1) is 0 Å². The molecule has 0 bridgehead atoms. The van der Waals surface area contributed by atoms with Crippen molar-refractivity contribution in [1.82, 2.24) is 4.83 Å². The Kier molecular flexibility index (Phi) is 10.0. The van der Waals surface area contributed by atoms with Crippen LogP contribution < -0.4 is 4.83 Å². The zero-order chi connectivity index (χ0) is 24.0. The average molecular weight is 463 g/mol. The van der Waals surface area contributed by atoms with Crippen LogP contribution in [0.5, 0.6) is 0 Å². The van der Waals surface area contributed by atoms with Crippen LogP contribution in [-0.4, -0.2) is 20.3 Å². The minimum Gasteiger partial charge on any atom is -0.200 e. The lowest BCUT2D eigenvalue weighted by molar-refractivity contribution is -0.0609. The van der Waals surface area contributed by atoms with Gasteiger partial charge in [0.2, 0.25) is 0 Å². The Labute approximate surface area is 185 Å². The summed E-state index contributed by atoms with van der Waals surface area (Å²) in [4.78, 5) is 1.94. The summed E-state index contributed by atoms with van der Waals surface area (Å²) in [6.45, 7) is 13.5. The van der Waals surface area contributed by atoms with E-state index in [9.17, 15) is 21.6 Å². The summed E-state index contributed by atoms with van der Waals surface area (Å²) in [5, 5.41) is 3.35. The van der Waals surface area contributed by atoms with E-state index >= 15 is 0 Å². The fourth-order valence-corrected chi connectivity index (χ4v) is 4.87. The second-order valence-electron chi connectivity index (χ2n) is 8.95. The lowest BCUT2D eigenvalue weighted by Crippen LogP contribution is -2.29. The standard InChI is InChI=1S/C23H37F3N2O2S/c1-8-9-10-11-12-21(23(24,25)26)27-28-31(29,30)22-19(16(4)5)13-18(15(2)3)14-20(22)17(6)7/h13-17,28H,8-12H2,1-7H3/b27-21-. The maximum absolute atomic E-state index is 13.4. The number of halogens is 3. The van der Waals surface area contributed by atoms with Gasteiger partial charge in [-0.05, 0) is 47.3 Å². The van der Waals surface area contributed by atoms with E-state index in [0.717, 1.165) is 18.4 Å². The molecule has 0 unspecified atom stereocenters. The smallest absolute Gasteiger partial charge is 0.200 e. The Bertz CT molecular complexity index is 829. The third-order valence-electron chi connectivity index (χ3n) is 5.24. The van der Waals surface area contributed by atoms with Gasteiger partial charge in [0.1, 0.15) is 5.71 Å². The monoisotopic (exact) mass is 462 g/mol. The molecule has 0 radical (unpaired) electrons. The maximum atomic E-state index is 13.4. The Morgan fingerprint density at radius 1 is 0.935 bits per heavy atom. The number of nitrogens with zero attached hydrogens (tertiary/aromatic N) is 1. The van der Waals surface area contributed by atoms with Gasteiger partial charge in [-0.2, -0.15) is 31.5 Å². The largest absolute Gasteiger partial charge is 0.431 e. The third-order valence-corrected chi connectivity index (χ3v) is 6.58. The van der Waals surface area contributed by atoms with Crippen LogP contribution in [0.4, 0.5) is 13.2 Å². The van der Waals surface area contributed by atoms with E-state index in [1.807, 2.05) is 65.4 Å². The first kappa shape index (κ1) is 27.5. The van der Waals surface area contributed by atoms with E-state index in [1.54, 1.807) is 0 Å². The van der Waals surface area contributed by atoms with Crippen molar-refractivity contribution in [2.24, 2.45) is 5.10 Å². The Hall–Kier alpha value is -1.57. The second kappa shape index (κ2) is 11.3. The van der Waals surface area contributed by atoms with Crippen LogP contribution in [-0.2, 0) is 10.0 Å². The van der Waals surface area contributed by atoms with Gasteiger partial charge < -0.3 is 0 Å². The molecule has 31 heavy (non-hydrogen) atoms. The number of hydrogen-bond acceptors (Lipinski definition) is 3. The van der Waals surface area contributed by atoms with Gasteiger partial charge in [-0.3, -0.25) is 0 Å². The summed E-state index contributed by atoms with van der Waals surface area (Å²) >= 11 is 0. The fraction of sp³-hybridized carbons (Fsp3) is 0.696. The summed E-state index contributed by atoms with van der Waals surface area (Å²) in [6, 6.07) is 3.68. The quantitative estimate of drug-likeness (QED) is 0.214. The van der Waals surface area contributed by atoms with Crippen LogP contribution >= 0.6 is 0 Å². The first-order valence-electron chi connectivity index (χ1n) is 11.1. The number of sulfonamides is 1. The van der Waals surface area contributed by atoms with Gasteiger partial charge in [0.15, 0.2) is 0 Å². The molecule has 1 aromatic rings. The van der Waals surface area contributed by atoms with Gasteiger partial charge in [0.05, 0.1) is 4.90 Å². The molecule has 0 saturated carbocycles. The van der Waals surface area contributed by atoms with Crippen LogP contribution in [0.25, 0.3) is 0 Å². The second-order valence-corrected chi connectivity index (χ2v) is 10.6. The van der Waals surface area contributed by atoms with Crippen molar-refractivity contribution in [2.75, 3.05) is 0 Å². The highest BCUT2D eigenvalue weighted by Gasteiger charge is 2.36. The first-order chi connectivity index (χ1) is 14.2. The predicted octanol–water partition coefficient (Wildman–Crippen LogP) is 7.22. The number of hydrazone groups is 1. The molecule has 1 N–H and O–H groups in total. The van der Waals surface area contributed by atoms with Crippen molar-refractivity contribution in [1.29, 1.82) is 0 Å². The summed E-state index contributed by atoms with van der Waals surface area (Å²) in [6.07, 6.45) is -2.32. The van der Waals surface area contributed by atoms with Crippen LogP contribution in [0.1, 0.15) is 115 Å². The lowest BCUT2D eigenvalue weighted by Gasteiger charge is -2.22. The minimum atomic E-state index is -4.68. The Morgan fingerprint density at radius 3 is 1.84 bits per heavy atom. The molecule has 0 amide bonds. The van der Waals surface area contributed by atoms with Crippen LogP contribution in [0.15, 0.2) is 22.1 Å². The SMILES string of the molecule is CCCCCC/C(=N/NS(=O)(=O)c1c(C(C)C)cc(C(C)C)cc1C(C)C)C(F)(F)F. The highest BCUT2D eigenvalue weighted by molar-refractivity contribution is 7.89. The molecule has 0 atom stereocenters. The van der Waals surface area contributed by atoms with E-state index in [4.69, 9.17) is 0 Å². The molecular weight excluding hydrogens is 425 g/mol. The van der Waals surface area contributed by atoms with E-state index in [-0.39, 0.29) is 29.1 Å². The predicted molar refractivity (Wildman–Crippen MR) is 121 cm³/mol. The van der Waals surface area contributed by atoms with E-state index in [2.05, 4.69) is 5.10 Å². The van der Waals surface area contributed by atoms with Gasteiger partial charge >= 0.3 is 6.18 Å². The molecule has 0 aliphatic heterocycles. The zero-order valence-electron chi connectivity index (χ0n) is 19.7. The Morgan fingerprint density at radius 2 is 1.45 bits per heavy atom. The normalized spacial score (nSPS) is 13.5. The van der Waals surface area contributed by atoms with Gasteiger partial charge in [-0.15, -0.1) is 0 Å². The first-order valence-corrected chi connectivity index (χ1v) is 12.5. The molecule has 8 heteroatoms. The van der Waals surface area contributed by atoms with Gasteiger partial charge in [0, 0.05) is 0 Å². The highest BCUT2D eigenvalue weighted by atomic mass is 32.2. The van der Waals surface area contributed by atoms with Gasteiger partial charge in [0.25, 0.3) is 10.0 Å². The molecule has 0 heterocycles. The molecule has 0 spiro atoms. The fourth-order valence-electron chi connectivity index (χ4n) is 3.34. The number of rotatable bonds is 11. The number of unbranched alkanes of at least 4 members (excludes halogenated alkanes) is 3. The molecule has 0 aliphatic rings. The molecule has 1 rings (SSSR count). The van der Waals surface area contributed by atoms with Crippen molar-refractivity contribution >= 4 is 15.7 Å². The average Bonchev–Trinajstić information content (AvgIpc) is 2.64. The summed E-state index contributed by atoms with van der Waals surface area (Å²) in [5.74, 6) is -0.0524. The van der Waals surface area contributed by atoms with Crippen LogP contribution in [0.3, 0.4) is 0 Å². The summed E-state index contributed by atoms with van der Waals surface area (Å²) < 4.78 is 66.6. The van der Waals surface area contributed by atoms with Gasteiger partial charge in [-0.1, -0.05) is 79.9 Å². The molecule has 178 valence electrons. The van der Waals surface area contributed by atoms with E-state index in [0.29, 0.717) is 24.0 Å². The molecular formula is C23H37F3N2O2S. The molecule has 4 nitrogen and oxygen atoms in total.